The fraction of sp³-hybridized carbons (Fsp3) is 0.526. The molecular weight excluding hydrogens is 316 g/mol. The van der Waals surface area contributed by atoms with Crippen molar-refractivity contribution < 1.29 is 9.22 Å². The van der Waals surface area contributed by atoms with Crippen molar-refractivity contribution in [3.8, 4) is 0 Å². The van der Waals surface area contributed by atoms with E-state index in [-0.39, 0.29) is 10.9 Å². The van der Waals surface area contributed by atoms with Crippen LogP contribution in [0.5, 0.6) is 0 Å². The molecule has 0 saturated heterocycles. The predicted octanol–water partition coefficient (Wildman–Crippen LogP) is 4.40. The van der Waals surface area contributed by atoms with Crippen molar-refractivity contribution in [1.82, 2.24) is 10.3 Å². The molecule has 132 valence electrons. The lowest BCUT2D eigenvalue weighted by Gasteiger charge is -2.36. The lowest BCUT2D eigenvalue weighted by molar-refractivity contribution is 0.0964. The number of hydrogen-bond donors (Lipinski definition) is 2. The molecule has 0 aliphatic heterocycles. The molecule has 1 aromatic heterocycles. The highest BCUT2D eigenvalue weighted by Gasteiger charge is 2.36. The number of aryl methyl sites for hydroxylation is 1. The minimum atomic E-state index is -1.75. The van der Waals surface area contributed by atoms with Gasteiger partial charge in [-0.1, -0.05) is 26.8 Å². The largest absolute Gasteiger partial charge is 0.416 e. The summed E-state index contributed by atoms with van der Waals surface area (Å²) in [4.78, 5) is 15.5. The van der Waals surface area contributed by atoms with Crippen molar-refractivity contribution in [2.75, 3.05) is 13.7 Å². The maximum absolute atomic E-state index is 12.2. The summed E-state index contributed by atoms with van der Waals surface area (Å²) in [5.41, 5.74) is 4.06. The highest BCUT2D eigenvalue weighted by atomic mass is 28.4. The molecule has 2 aromatic rings. The molecule has 2 N–H and O–H groups in total. The summed E-state index contributed by atoms with van der Waals surface area (Å²) in [5.74, 6) is -0.0498. The van der Waals surface area contributed by atoms with Crippen molar-refractivity contribution in [1.29, 1.82) is 0 Å². The predicted molar refractivity (Wildman–Crippen MR) is 103 cm³/mol. The Morgan fingerprint density at radius 2 is 1.96 bits per heavy atom. The topological polar surface area (TPSA) is 54.1 Å². The van der Waals surface area contributed by atoms with Crippen LogP contribution in [-0.4, -0.2) is 32.9 Å². The molecule has 4 nitrogen and oxygen atoms in total. The quantitative estimate of drug-likeness (QED) is 0.788. The number of nitrogens with one attached hydrogen (secondary N) is 2. The zero-order valence-electron chi connectivity index (χ0n) is 16.0. The van der Waals surface area contributed by atoms with Gasteiger partial charge in [-0.05, 0) is 48.7 Å². The molecule has 2 rings (SSSR count). The fourth-order valence-electron chi connectivity index (χ4n) is 2.61. The summed E-state index contributed by atoms with van der Waals surface area (Å²) in [6.07, 6.45) is 2.82. The summed E-state index contributed by atoms with van der Waals surface area (Å²) < 4.78 is 6.30. The molecule has 5 heteroatoms. The molecule has 0 radical (unpaired) electrons. The van der Waals surface area contributed by atoms with Crippen LogP contribution in [0.15, 0.2) is 18.3 Å². The van der Waals surface area contributed by atoms with Crippen molar-refractivity contribution in [3.63, 3.8) is 0 Å². The second kappa shape index (κ2) is 6.73. The number of amides is 1. The Kier molecular flexibility index (Phi) is 5.25. The van der Waals surface area contributed by atoms with Crippen molar-refractivity contribution in [3.05, 3.63) is 35.0 Å². The molecule has 1 aromatic carbocycles. The van der Waals surface area contributed by atoms with E-state index in [1.807, 2.05) is 18.3 Å². The Bertz CT molecular complexity index is 742. The van der Waals surface area contributed by atoms with Crippen molar-refractivity contribution >= 4 is 25.1 Å². The van der Waals surface area contributed by atoms with E-state index in [0.717, 1.165) is 34.0 Å². The molecule has 0 spiro atoms. The first-order valence-corrected chi connectivity index (χ1v) is 11.4. The van der Waals surface area contributed by atoms with Gasteiger partial charge < -0.3 is 14.7 Å². The summed E-state index contributed by atoms with van der Waals surface area (Å²) in [6.45, 7) is 14.0. The van der Waals surface area contributed by atoms with E-state index >= 15 is 0 Å². The first kappa shape index (κ1) is 18.7. The van der Waals surface area contributed by atoms with E-state index in [4.69, 9.17) is 4.43 Å². The molecule has 24 heavy (non-hydrogen) atoms. The number of hydrogen-bond acceptors (Lipinski definition) is 2. The number of aromatic amines is 1. The third kappa shape index (κ3) is 3.57. The first-order valence-electron chi connectivity index (χ1n) is 8.54. The van der Waals surface area contributed by atoms with E-state index in [9.17, 15) is 4.79 Å². The van der Waals surface area contributed by atoms with Crippen LogP contribution >= 0.6 is 0 Å². The zero-order valence-corrected chi connectivity index (χ0v) is 17.0. The van der Waals surface area contributed by atoms with Gasteiger partial charge in [0.1, 0.15) is 0 Å². The summed E-state index contributed by atoms with van der Waals surface area (Å²) in [5, 5.41) is 3.96. The summed E-state index contributed by atoms with van der Waals surface area (Å²) in [6, 6.07) is 3.89. The molecule has 0 atom stereocenters. The van der Waals surface area contributed by atoms with Gasteiger partial charge in [-0.15, -0.1) is 0 Å². The maximum atomic E-state index is 12.2. The molecule has 1 amide bonds. The molecule has 0 saturated carbocycles. The molecule has 1 heterocycles. The first-order chi connectivity index (χ1) is 11.1. The fourth-order valence-corrected chi connectivity index (χ4v) is 3.66. The number of H-pyrrole nitrogens is 1. The van der Waals surface area contributed by atoms with Crippen molar-refractivity contribution in [2.24, 2.45) is 0 Å². The van der Waals surface area contributed by atoms with Crippen LogP contribution in [-0.2, 0) is 10.8 Å². The van der Waals surface area contributed by atoms with Crippen LogP contribution in [0.25, 0.3) is 10.9 Å². The Hall–Kier alpha value is -1.59. The average molecular weight is 347 g/mol. The van der Waals surface area contributed by atoms with Gasteiger partial charge in [0, 0.05) is 36.3 Å². The Morgan fingerprint density at radius 1 is 1.29 bits per heavy atom. The van der Waals surface area contributed by atoms with Gasteiger partial charge in [0.05, 0.1) is 0 Å². The number of aromatic nitrogens is 1. The smallest absolute Gasteiger partial charge is 0.251 e. The van der Waals surface area contributed by atoms with E-state index in [0.29, 0.717) is 6.61 Å². The van der Waals surface area contributed by atoms with Crippen LogP contribution in [0, 0.1) is 6.92 Å². The van der Waals surface area contributed by atoms with Gasteiger partial charge in [-0.25, -0.2) is 0 Å². The van der Waals surface area contributed by atoms with Gasteiger partial charge in [-0.2, -0.15) is 0 Å². The van der Waals surface area contributed by atoms with Gasteiger partial charge in [-0.3, -0.25) is 4.79 Å². The number of rotatable bonds is 5. The van der Waals surface area contributed by atoms with Crippen LogP contribution in [0.2, 0.25) is 18.1 Å². The number of fused-ring (bicyclic) bond motifs is 1. The van der Waals surface area contributed by atoms with Crippen LogP contribution in [0.4, 0.5) is 0 Å². The number of carbonyl (C=O) groups excluding carboxylic acids is 1. The monoisotopic (exact) mass is 346 g/mol. The van der Waals surface area contributed by atoms with Gasteiger partial charge in [0.2, 0.25) is 0 Å². The van der Waals surface area contributed by atoms with E-state index in [2.05, 4.69) is 51.1 Å². The maximum Gasteiger partial charge on any atom is 0.251 e. The minimum Gasteiger partial charge on any atom is -0.416 e. The van der Waals surface area contributed by atoms with Crippen LogP contribution in [0.3, 0.4) is 0 Å². The lowest BCUT2D eigenvalue weighted by atomic mass is 10.0. The van der Waals surface area contributed by atoms with Crippen LogP contribution < -0.4 is 5.32 Å². The highest BCUT2D eigenvalue weighted by Crippen LogP contribution is 2.36. The molecule has 0 unspecified atom stereocenters. The third-order valence-corrected chi connectivity index (χ3v) is 9.78. The third-order valence-electron chi connectivity index (χ3n) is 5.24. The average Bonchev–Trinajstić information content (AvgIpc) is 2.91. The molecule has 0 aliphatic rings. The Balaban J connectivity index is 2.27. The summed E-state index contributed by atoms with van der Waals surface area (Å²) in [7, 11) is -0.0810. The van der Waals surface area contributed by atoms with E-state index in [1.165, 1.54) is 0 Å². The Labute approximate surface area is 146 Å². The highest BCUT2D eigenvalue weighted by molar-refractivity contribution is 6.74. The zero-order chi connectivity index (χ0) is 18.1. The van der Waals surface area contributed by atoms with Gasteiger partial charge >= 0.3 is 0 Å². The second-order valence-electron chi connectivity index (χ2n) is 7.93. The standard InChI is InChI=1S/C19H30N2O2Si/c1-13-8-9-15(18(22)20-5)16-14(12-21-17(13)16)10-11-23-24(6,7)19(2,3)4/h8-9,12,21H,10-11H2,1-7H3,(H,20,22). The number of benzene rings is 1. The Morgan fingerprint density at radius 3 is 2.54 bits per heavy atom. The molecular formula is C19H30N2O2Si. The van der Waals surface area contributed by atoms with Gasteiger partial charge in [0.25, 0.3) is 5.91 Å². The van der Waals surface area contributed by atoms with Crippen molar-refractivity contribution in [2.45, 2.75) is 52.2 Å². The van der Waals surface area contributed by atoms with E-state index < -0.39 is 8.32 Å². The lowest BCUT2D eigenvalue weighted by Crippen LogP contribution is -2.41. The van der Waals surface area contributed by atoms with Crippen LogP contribution in [0.1, 0.15) is 42.3 Å². The normalized spacial score (nSPS) is 12.6. The summed E-state index contributed by atoms with van der Waals surface area (Å²) >= 11 is 0. The number of carbonyl (C=O) groups is 1. The molecule has 0 bridgehead atoms. The van der Waals surface area contributed by atoms with Gasteiger partial charge in [0.15, 0.2) is 8.32 Å². The SMILES string of the molecule is CNC(=O)c1ccc(C)c2[nH]cc(CCO[Si](C)(C)C(C)(C)C)c12. The minimum absolute atomic E-state index is 0.0498. The molecule has 0 fully saturated rings. The van der Waals surface area contributed by atoms with E-state index in [1.54, 1.807) is 7.05 Å². The molecule has 0 aliphatic carbocycles. The second-order valence-corrected chi connectivity index (χ2v) is 12.7.